The topological polar surface area (TPSA) is 101 Å². The van der Waals surface area contributed by atoms with Gasteiger partial charge in [-0.3, -0.25) is 10.8 Å². The third-order valence-electron chi connectivity index (χ3n) is 4.01. The molecule has 0 aliphatic carbocycles. The van der Waals surface area contributed by atoms with Crippen molar-refractivity contribution in [3.8, 4) is 22.8 Å². The molecule has 0 unspecified atom stereocenters. The summed E-state index contributed by atoms with van der Waals surface area (Å²) >= 11 is 5.61. The number of hydrogen-bond acceptors (Lipinski definition) is 6. The maximum absolute atomic E-state index is 13.3. The van der Waals surface area contributed by atoms with Gasteiger partial charge in [0.15, 0.2) is 0 Å². The summed E-state index contributed by atoms with van der Waals surface area (Å²) in [5, 5.41) is 18.7. The average Bonchev–Trinajstić information content (AvgIpc) is 2.63. The number of rotatable bonds is 3. The molecule has 0 aliphatic rings. The molecule has 2 heterocycles. The Bertz CT molecular complexity index is 1160. The molecule has 0 atom stereocenters. The highest BCUT2D eigenvalue weighted by Crippen LogP contribution is 2.39. The van der Waals surface area contributed by atoms with Gasteiger partial charge in [-0.1, -0.05) is 0 Å². The number of ether oxygens (including phenoxy) is 1. The van der Waals surface area contributed by atoms with Crippen LogP contribution in [0.4, 0.5) is 13.2 Å². The smallest absolute Gasteiger partial charge is 0.416 e. The van der Waals surface area contributed by atoms with Gasteiger partial charge in [0, 0.05) is 28.6 Å². The quantitative estimate of drug-likeness (QED) is 0.486. The summed E-state index contributed by atoms with van der Waals surface area (Å²) in [6.45, 7) is 3.27. The highest BCUT2D eigenvalue weighted by Gasteiger charge is 2.32. The minimum atomic E-state index is -4.58. The molecule has 1 aromatic carbocycles. The van der Waals surface area contributed by atoms with Crippen LogP contribution in [0.1, 0.15) is 16.8 Å². The van der Waals surface area contributed by atoms with Crippen LogP contribution in [-0.4, -0.2) is 25.0 Å². The van der Waals surface area contributed by atoms with Crippen molar-refractivity contribution >= 4 is 16.9 Å². The molecule has 11 heteroatoms. The zero-order valence-electron chi connectivity index (χ0n) is 15.2. The fraction of sp³-hybridized carbons (Fsp3) is 0.167. The lowest BCUT2D eigenvalue weighted by Crippen LogP contribution is -2.26. The summed E-state index contributed by atoms with van der Waals surface area (Å²) in [6, 6.07) is 4.41. The van der Waals surface area contributed by atoms with Gasteiger partial charge in [-0.25, -0.2) is 9.97 Å². The zero-order valence-corrected chi connectivity index (χ0v) is 15.9. The lowest BCUT2D eigenvalue weighted by molar-refractivity contribution is -0.137. The Kier molecular flexibility index (Phi) is 5.38. The second-order valence-corrected chi connectivity index (χ2v) is 6.41. The Morgan fingerprint density at radius 3 is 2.52 bits per heavy atom. The highest BCUT2D eigenvalue weighted by atomic mass is 35.5. The van der Waals surface area contributed by atoms with E-state index in [1.807, 2.05) is 0 Å². The first kappa shape index (κ1) is 20.5. The first-order chi connectivity index (χ1) is 13.6. The Hall–Kier alpha value is -3.27. The van der Waals surface area contributed by atoms with Crippen molar-refractivity contribution < 1.29 is 17.9 Å². The van der Waals surface area contributed by atoms with Crippen molar-refractivity contribution in [3.05, 3.63) is 59.1 Å². The third-order valence-corrected chi connectivity index (χ3v) is 4.17. The van der Waals surface area contributed by atoms with E-state index in [-0.39, 0.29) is 17.1 Å². The van der Waals surface area contributed by atoms with Crippen molar-refractivity contribution in [3.63, 3.8) is 0 Å². The predicted molar refractivity (Wildman–Crippen MR) is 99.1 cm³/mol. The number of aromatic nitrogens is 4. The van der Waals surface area contributed by atoms with E-state index in [9.17, 15) is 13.2 Å². The van der Waals surface area contributed by atoms with Gasteiger partial charge in [-0.05, 0) is 49.7 Å². The van der Waals surface area contributed by atoms with Crippen LogP contribution < -0.4 is 10.2 Å². The normalized spacial score (nSPS) is 11.4. The largest absolute Gasteiger partial charge is 0.437 e. The zero-order chi connectivity index (χ0) is 21.3. The highest BCUT2D eigenvalue weighted by molar-refractivity contribution is 6.64. The minimum Gasteiger partial charge on any atom is -0.437 e. The summed E-state index contributed by atoms with van der Waals surface area (Å²) in [6.07, 6.45) is -1.78. The van der Waals surface area contributed by atoms with Crippen molar-refractivity contribution in [1.29, 1.82) is 10.8 Å². The molecule has 3 aromatic rings. The number of benzene rings is 1. The van der Waals surface area contributed by atoms with Gasteiger partial charge in [-0.2, -0.15) is 17.9 Å². The van der Waals surface area contributed by atoms with E-state index >= 15 is 0 Å². The van der Waals surface area contributed by atoms with E-state index < -0.39 is 17.0 Å². The Balaban J connectivity index is 2.20. The fourth-order valence-corrected chi connectivity index (χ4v) is 2.70. The Labute approximate surface area is 167 Å². The molecular formula is C18H14ClF3N6O. The molecule has 0 fully saturated rings. The van der Waals surface area contributed by atoms with Crippen LogP contribution in [0.2, 0.25) is 0 Å². The van der Waals surface area contributed by atoms with Gasteiger partial charge in [0.25, 0.3) is 0 Å². The monoisotopic (exact) mass is 422 g/mol. The lowest BCUT2D eigenvalue weighted by Gasteiger charge is -2.16. The van der Waals surface area contributed by atoms with Gasteiger partial charge in [0.05, 0.1) is 5.56 Å². The van der Waals surface area contributed by atoms with Crippen LogP contribution in [0.3, 0.4) is 0 Å². The van der Waals surface area contributed by atoms with E-state index in [0.29, 0.717) is 22.4 Å². The molecule has 0 radical (unpaired) electrons. The first-order valence-corrected chi connectivity index (χ1v) is 8.52. The van der Waals surface area contributed by atoms with Crippen LogP contribution in [-0.2, 0) is 6.18 Å². The van der Waals surface area contributed by atoms with E-state index in [4.69, 9.17) is 27.2 Å². The first-order valence-electron chi connectivity index (χ1n) is 8.14. The maximum Gasteiger partial charge on any atom is 0.416 e. The number of nitrogens with zero attached hydrogens (tertiary/aromatic N) is 4. The van der Waals surface area contributed by atoms with Crippen molar-refractivity contribution in [2.75, 3.05) is 0 Å². The van der Waals surface area contributed by atoms with Gasteiger partial charge in [-0.15, -0.1) is 5.10 Å². The molecule has 2 aromatic heterocycles. The van der Waals surface area contributed by atoms with E-state index in [1.54, 1.807) is 13.8 Å². The molecule has 2 N–H and O–H groups in total. The molecule has 0 bridgehead atoms. The summed E-state index contributed by atoms with van der Waals surface area (Å²) < 4.78 is 46.2. The molecule has 7 nitrogen and oxygen atoms in total. The molecule has 0 aliphatic heterocycles. The molecule has 29 heavy (non-hydrogen) atoms. The van der Waals surface area contributed by atoms with Crippen LogP contribution in [0.25, 0.3) is 11.1 Å². The second kappa shape index (κ2) is 7.63. The average molecular weight is 423 g/mol. The summed E-state index contributed by atoms with van der Waals surface area (Å²) in [5.41, 5.74) is 0.676. The van der Waals surface area contributed by atoms with Gasteiger partial charge < -0.3 is 4.74 Å². The van der Waals surface area contributed by atoms with Gasteiger partial charge >= 0.3 is 6.18 Å². The van der Waals surface area contributed by atoms with Crippen LogP contribution >= 0.6 is 11.6 Å². The van der Waals surface area contributed by atoms with E-state index in [1.165, 1.54) is 24.7 Å². The summed E-state index contributed by atoms with van der Waals surface area (Å²) in [7, 11) is 0. The third kappa shape index (κ3) is 4.27. The van der Waals surface area contributed by atoms with Crippen LogP contribution in [0.15, 0.2) is 36.8 Å². The van der Waals surface area contributed by atoms with Crippen molar-refractivity contribution in [2.45, 2.75) is 20.0 Å². The van der Waals surface area contributed by atoms with Crippen LogP contribution in [0.5, 0.6) is 11.6 Å². The Morgan fingerprint density at radius 1 is 1.17 bits per heavy atom. The maximum atomic E-state index is 13.3. The number of aryl methyl sites for hydroxylation is 2. The number of halogens is 4. The van der Waals surface area contributed by atoms with Gasteiger partial charge in [0.2, 0.25) is 11.2 Å². The molecule has 0 saturated heterocycles. The SMILES string of the molecule is Cc1cc(=N)n(C(=N)Cl)nc1Oc1cc(C(F)(F)F)ccc1-c1cncnc1C. The summed E-state index contributed by atoms with van der Waals surface area (Å²) in [5.74, 6) is -0.222. The number of alkyl halides is 3. The molecule has 3 rings (SSSR count). The second-order valence-electron chi connectivity index (χ2n) is 6.05. The van der Waals surface area contributed by atoms with Gasteiger partial charge in [0.1, 0.15) is 17.6 Å². The molecule has 0 spiro atoms. The molecule has 150 valence electrons. The van der Waals surface area contributed by atoms with Crippen LogP contribution in [0, 0.1) is 24.7 Å². The van der Waals surface area contributed by atoms with Crippen molar-refractivity contribution in [2.24, 2.45) is 0 Å². The lowest BCUT2D eigenvalue weighted by atomic mass is 10.0. The molecule has 0 saturated carbocycles. The standard InChI is InChI=1S/C18H14ClF3N6O/c1-9-5-15(23)28(17(19)24)27-16(9)29-14-6-11(18(20,21)22)3-4-12(14)13-7-25-8-26-10(13)2/h3-8,23-24H,1-2H3. The Morgan fingerprint density at radius 2 is 1.90 bits per heavy atom. The van der Waals surface area contributed by atoms with E-state index in [2.05, 4.69) is 15.1 Å². The number of hydrogen-bond donors (Lipinski definition) is 2. The molecular weight excluding hydrogens is 409 g/mol. The minimum absolute atomic E-state index is 0.0959. The summed E-state index contributed by atoms with van der Waals surface area (Å²) in [4.78, 5) is 7.99. The van der Waals surface area contributed by atoms with E-state index in [0.717, 1.165) is 16.8 Å². The number of nitrogens with one attached hydrogen (secondary N) is 2. The fourth-order valence-electron chi connectivity index (χ4n) is 2.57. The molecule has 0 amide bonds. The predicted octanol–water partition coefficient (Wildman–Crippen LogP) is 4.27. The van der Waals surface area contributed by atoms with Crippen molar-refractivity contribution in [1.82, 2.24) is 19.7 Å².